The Balaban J connectivity index is 1.73. The molecule has 1 saturated carbocycles. The lowest BCUT2D eigenvalue weighted by molar-refractivity contribution is -0.313. The van der Waals surface area contributed by atoms with Crippen LogP contribution in [0.2, 0.25) is 0 Å². The standard InChI is InChI=1S/C17H17NO5/c1-23-17(22)9-4-6-12(7-5-9)18-15(19)13-10-2-3-11(8-10)14(13)16(20)21/h2-7,10-11,13-14H,8H2,1H3,(H,18,19)(H,20,21)/p-1/t10-,11-,13-,14-/m0/s1. The molecule has 2 aliphatic rings. The molecule has 23 heavy (non-hydrogen) atoms. The highest BCUT2D eigenvalue weighted by Gasteiger charge is 2.48. The lowest BCUT2D eigenvalue weighted by atomic mass is 9.82. The highest BCUT2D eigenvalue weighted by atomic mass is 16.5. The molecule has 1 aromatic rings. The number of benzene rings is 1. The van der Waals surface area contributed by atoms with Crippen LogP contribution in [0.4, 0.5) is 5.69 Å². The van der Waals surface area contributed by atoms with Crippen LogP contribution in [0.15, 0.2) is 36.4 Å². The van der Waals surface area contributed by atoms with Gasteiger partial charge in [-0.2, -0.15) is 0 Å². The molecular weight excluding hydrogens is 298 g/mol. The number of esters is 1. The second kappa shape index (κ2) is 5.87. The zero-order valence-corrected chi connectivity index (χ0v) is 12.5. The van der Waals surface area contributed by atoms with Crippen molar-refractivity contribution in [1.29, 1.82) is 0 Å². The minimum absolute atomic E-state index is 0.0581. The first-order valence-electron chi connectivity index (χ1n) is 7.39. The zero-order chi connectivity index (χ0) is 16.6. The minimum atomic E-state index is -1.18. The lowest BCUT2D eigenvalue weighted by Crippen LogP contribution is -2.42. The first-order valence-corrected chi connectivity index (χ1v) is 7.39. The maximum Gasteiger partial charge on any atom is 0.337 e. The highest BCUT2D eigenvalue weighted by Crippen LogP contribution is 2.48. The van der Waals surface area contributed by atoms with Crippen LogP contribution in [0.25, 0.3) is 0 Å². The smallest absolute Gasteiger partial charge is 0.337 e. The maximum absolute atomic E-state index is 12.5. The van der Waals surface area contributed by atoms with Crippen molar-refractivity contribution in [2.75, 3.05) is 12.4 Å². The number of fused-ring (bicyclic) bond motifs is 2. The van der Waals surface area contributed by atoms with Gasteiger partial charge in [0.15, 0.2) is 0 Å². The molecule has 1 aromatic carbocycles. The second-order valence-electron chi connectivity index (χ2n) is 5.88. The number of nitrogens with one attached hydrogen (secondary N) is 1. The van der Waals surface area contributed by atoms with Gasteiger partial charge in [-0.25, -0.2) is 4.79 Å². The van der Waals surface area contributed by atoms with Crippen LogP contribution in [0.5, 0.6) is 0 Å². The average Bonchev–Trinajstić information content (AvgIpc) is 3.15. The molecule has 1 fully saturated rings. The lowest BCUT2D eigenvalue weighted by Gasteiger charge is -2.27. The van der Waals surface area contributed by atoms with E-state index in [1.807, 2.05) is 12.2 Å². The van der Waals surface area contributed by atoms with Gasteiger partial charge in [0.2, 0.25) is 5.91 Å². The largest absolute Gasteiger partial charge is 0.550 e. The fraction of sp³-hybridized carbons (Fsp3) is 0.353. The van der Waals surface area contributed by atoms with Crippen molar-refractivity contribution in [2.45, 2.75) is 6.42 Å². The summed E-state index contributed by atoms with van der Waals surface area (Å²) in [5, 5.41) is 14.1. The molecule has 0 heterocycles. The SMILES string of the molecule is COC(=O)c1ccc(NC(=O)[C@@H]2[C@@H](C(=O)[O-])[C@H]3C=C[C@H]2C3)cc1. The van der Waals surface area contributed by atoms with Crippen molar-refractivity contribution >= 4 is 23.5 Å². The van der Waals surface area contributed by atoms with Gasteiger partial charge in [0, 0.05) is 17.6 Å². The molecule has 6 nitrogen and oxygen atoms in total. The van der Waals surface area contributed by atoms with E-state index in [1.54, 1.807) is 24.3 Å². The van der Waals surface area contributed by atoms with Gasteiger partial charge in [0.05, 0.1) is 18.6 Å². The molecule has 0 unspecified atom stereocenters. The Morgan fingerprint density at radius 2 is 1.70 bits per heavy atom. The molecule has 120 valence electrons. The van der Waals surface area contributed by atoms with Crippen molar-refractivity contribution in [2.24, 2.45) is 23.7 Å². The zero-order valence-electron chi connectivity index (χ0n) is 12.5. The summed E-state index contributed by atoms with van der Waals surface area (Å²) in [5.74, 6) is -3.54. The highest BCUT2D eigenvalue weighted by molar-refractivity contribution is 5.97. The average molecular weight is 314 g/mol. The minimum Gasteiger partial charge on any atom is -0.550 e. The number of hydrogen-bond acceptors (Lipinski definition) is 5. The van der Waals surface area contributed by atoms with Gasteiger partial charge >= 0.3 is 5.97 Å². The van der Waals surface area contributed by atoms with E-state index in [9.17, 15) is 19.5 Å². The molecule has 6 heteroatoms. The van der Waals surface area contributed by atoms with E-state index in [2.05, 4.69) is 10.1 Å². The number of amides is 1. The third-order valence-electron chi connectivity index (χ3n) is 4.61. The molecule has 1 amide bonds. The van der Waals surface area contributed by atoms with Crippen LogP contribution in [-0.4, -0.2) is 25.0 Å². The van der Waals surface area contributed by atoms with Gasteiger partial charge in [-0.15, -0.1) is 0 Å². The number of carbonyl (C=O) groups excluding carboxylic acids is 3. The molecule has 2 bridgehead atoms. The van der Waals surface area contributed by atoms with Crippen LogP contribution >= 0.6 is 0 Å². The summed E-state index contributed by atoms with van der Waals surface area (Å²) in [7, 11) is 1.29. The first-order chi connectivity index (χ1) is 11.0. The molecule has 2 aliphatic carbocycles. The molecule has 0 spiro atoms. The molecule has 4 atom stereocenters. The van der Waals surface area contributed by atoms with Gasteiger partial charge in [-0.1, -0.05) is 12.2 Å². The van der Waals surface area contributed by atoms with Crippen molar-refractivity contribution in [1.82, 2.24) is 0 Å². The Bertz CT molecular complexity index is 679. The fourth-order valence-electron chi connectivity index (χ4n) is 3.53. The van der Waals surface area contributed by atoms with E-state index in [4.69, 9.17) is 0 Å². The predicted molar refractivity (Wildman–Crippen MR) is 79.1 cm³/mol. The second-order valence-corrected chi connectivity index (χ2v) is 5.88. The number of ether oxygens (including phenoxy) is 1. The van der Waals surface area contributed by atoms with E-state index in [0.717, 1.165) is 0 Å². The van der Waals surface area contributed by atoms with Crippen molar-refractivity contribution < 1.29 is 24.2 Å². The molecule has 0 aliphatic heterocycles. The molecule has 1 N–H and O–H groups in total. The number of hydrogen-bond donors (Lipinski definition) is 1. The maximum atomic E-state index is 12.5. The Hall–Kier alpha value is -2.63. The quantitative estimate of drug-likeness (QED) is 0.648. The summed E-state index contributed by atoms with van der Waals surface area (Å²) in [6.45, 7) is 0. The van der Waals surface area contributed by atoms with Crippen LogP contribution in [-0.2, 0) is 14.3 Å². The molecule has 0 radical (unpaired) electrons. The molecular formula is C17H16NO5-. The fourth-order valence-corrected chi connectivity index (χ4v) is 3.53. The number of carboxylic acid groups (broad SMARTS) is 1. The third-order valence-corrected chi connectivity index (χ3v) is 4.61. The summed E-state index contributed by atoms with van der Waals surface area (Å²) in [5.41, 5.74) is 0.882. The number of methoxy groups -OCH3 is 1. The summed E-state index contributed by atoms with van der Waals surface area (Å²) >= 11 is 0. The van der Waals surface area contributed by atoms with Gasteiger partial charge in [-0.3, -0.25) is 4.79 Å². The Morgan fingerprint density at radius 1 is 1.09 bits per heavy atom. The molecule has 3 rings (SSSR count). The topological polar surface area (TPSA) is 95.5 Å². The normalized spacial score (nSPS) is 27.7. The summed E-state index contributed by atoms with van der Waals surface area (Å²) in [4.78, 5) is 35.2. The van der Waals surface area contributed by atoms with E-state index >= 15 is 0 Å². The van der Waals surface area contributed by atoms with Crippen molar-refractivity contribution in [3.63, 3.8) is 0 Å². The summed E-state index contributed by atoms with van der Waals surface area (Å²) < 4.78 is 4.61. The molecule has 0 saturated heterocycles. The Morgan fingerprint density at radius 3 is 2.26 bits per heavy atom. The van der Waals surface area contributed by atoms with E-state index in [-0.39, 0.29) is 17.7 Å². The van der Waals surface area contributed by atoms with E-state index < -0.39 is 23.8 Å². The predicted octanol–water partition coefficient (Wildman–Crippen LogP) is 0.600. The third kappa shape index (κ3) is 2.72. The van der Waals surface area contributed by atoms with Gasteiger partial charge < -0.3 is 20.0 Å². The number of rotatable bonds is 4. The van der Waals surface area contributed by atoms with Crippen LogP contribution in [0.3, 0.4) is 0 Å². The summed E-state index contributed by atoms with van der Waals surface area (Å²) in [6.07, 6.45) is 4.45. The molecule has 0 aromatic heterocycles. The van der Waals surface area contributed by atoms with Crippen molar-refractivity contribution in [3.8, 4) is 0 Å². The first kappa shape index (κ1) is 15.3. The van der Waals surface area contributed by atoms with Crippen LogP contribution in [0.1, 0.15) is 16.8 Å². The van der Waals surface area contributed by atoms with Gasteiger partial charge in [0.25, 0.3) is 0 Å². The number of allylic oxidation sites excluding steroid dienone is 2. The van der Waals surface area contributed by atoms with E-state index in [0.29, 0.717) is 17.7 Å². The summed E-state index contributed by atoms with van der Waals surface area (Å²) in [6, 6.07) is 6.25. The van der Waals surface area contributed by atoms with E-state index in [1.165, 1.54) is 7.11 Å². The van der Waals surface area contributed by atoms with Gasteiger partial charge in [-0.05, 0) is 42.5 Å². The number of anilines is 1. The van der Waals surface area contributed by atoms with Gasteiger partial charge in [0.1, 0.15) is 0 Å². The van der Waals surface area contributed by atoms with Crippen molar-refractivity contribution in [3.05, 3.63) is 42.0 Å². The number of carboxylic acids is 1. The van der Waals surface area contributed by atoms with Crippen LogP contribution in [0, 0.1) is 23.7 Å². The Kier molecular flexibility index (Phi) is 3.90. The van der Waals surface area contributed by atoms with Crippen LogP contribution < -0.4 is 10.4 Å². The number of aliphatic carboxylic acids is 1. The monoisotopic (exact) mass is 314 g/mol. The Labute approximate surface area is 133 Å². The number of carbonyl (C=O) groups is 3.